The maximum absolute atomic E-state index is 5.69. The van der Waals surface area contributed by atoms with E-state index >= 15 is 0 Å². The second-order valence-electron chi connectivity index (χ2n) is 5.38. The number of ether oxygens (including phenoxy) is 1. The van der Waals surface area contributed by atoms with Gasteiger partial charge in [0.05, 0.1) is 6.10 Å². The normalized spacial score (nSPS) is 16.5. The summed E-state index contributed by atoms with van der Waals surface area (Å²) in [5, 5.41) is 3.63. The van der Waals surface area contributed by atoms with Gasteiger partial charge >= 0.3 is 0 Å². The second-order valence-corrected chi connectivity index (χ2v) is 5.38. The van der Waals surface area contributed by atoms with E-state index in [0.717, 1.165) is 12.5 Å². The molecule has 0 bridgehead atoms. The molecule has 0 amide bonds. The summed E-state index contributed by atoms with van der Waals surface area (Å²) in [7, 11) is 1.86. The van der Waals surface area contributed by atoms with Gasteiger partial charge in [0.2, 0.25) is 0 Å². The average molecular weight is 257 g/mol. The van der Waals surface area contributed by atoms with Crippen molar-refractivity contribution < 1.29 is 4.74 Å². The zero-order chi connectivity index (χ0) is 13.8. The van der Waals surface area contributed by atoms with Crippen LogP contribution >= 0.6 is 0 Å². The second kappa shape index (κ2) is 12.0. The molecule has 0 aromatic heterocycles. The molecule has 18 heavy (non-hydrogen) atoms. The van der Waals surface area contributed by atoms with Crippen LogP contribution < -0.4 is 5.32 Å². The summed E-state index contributed by atoms with van der Waals surface area (Å²) in [5.41, 5.74) is 0. The average Bonchev–Trinajstić information content (AvgIpc) is 2.39. The first kappa shape index (κ1) is 17.9. The standard InChI is InChI=1S/C16H35NO/c1-6-10-12-14(8-3)13-15(17-9-4)16(18-5)11-7-2/h14-17H,6-13H2,1-5H3. The maximum Gasteiger partial charge on any atom is 0.0724 e. The van der Waals surface area contributed by atoms with E-state index < -0.39 is 0 Å². The molecule has 2 nitrogen and oxygen atoms in total. The lowest BCUT2D eigenvalue weighted by Crippen LogP contribution is -2.42. The highest BCUT2D eigenvalue weighted by molar-refractivity contribution is 4.79. The molecular weight excluding hydrogens is 222 g/mol. The van der Waals surface area contributed by atoms with Crippen molar-refractivity contribution in [3.05, 3.63) is 0 Å². The van der Waals surface area contributed by atoms with Crippen molar-refractivity contribution in [3.63, 3.8) is 0 Å². The molecule has 0 heterocycles. The van der Waals surface area contributed by atoms with Crippen molar-refractivity contribution in [1.82, 2.24) is 5.32 Å². The number of nitrogens with one attached hydrogen (secondary N) is 1. The van der Waals surface area contributed by atoms with Crippen molar-refractivity contribution in [2.45, 2.75) is 84.8 Å². The summed E-state index contributed by atoms with van der Waals surface area (Å²) in [4.78, 5) is 0. The Morgan fingerprint density at radius 1 is 1.00 bits per heavy atom. The van der Waals surface area contributed by atoms with Crippen molar-refractivity contribution in [2.75, 3.05) is 13.7 Å². The Hall–Kier alpha value is -0.0800. The maximum atomic E-state index is 5.69. The molecule has 0 aliphatic rings. The SMILES string of the molecule is CCCCC(CC)CC(NCC)C(CCC)OC. The lowest BCUT2D eigenvalue weighted by molar-refractivity contribution is 0.0521. The molecule has 0 aliphatic carbocycles. The highest BCUT2D eigenvalue weighted by Crippen LogP contribution is 2.22. The molecule has 110 valence electrons. The molecular formula is C16H35NO. The summed E-state index contributed by atoms with van der Waals surface area (Å²) in [6.45, 7) is 10.1. The topological polar surface area (TPSA) is 21.3 Å². The molecule has 0 aromatic carbocycles. The largest absolute Gasteiger partial charge is 0.380 e. The minimum Gasteiger partial charge on any atom is -0.380 e. The Kier molecular flexibility index (Phi) is 11.9. The Morgan fingerprint density at radius 2 is 1.72 bits per heavy atom. The van der Waals surface area contributed by atoms with Crippen LogP contribution in [0.1, 0.15) is 72.6 Å². The van der Waals surface area contributed by atoms with E-state index in [1.54, 1.807) is 0 Å². The number of unbranched alkanes of at least 4 members (excludes halogenated alkanes) is 1. The monoisotopic (exact) mass is 257 g/mol. The molecule has 0 saturated carbocycles. The number of likely N-dealkylation sites (N-methyl/N-ethyl adjacent to an activating group) is 1. The smallest absolute Gasteiger partial charge is 0.0724 e. The lowest BCUT2D eigenvalue weighted by atomic mass is 9.89. The summed E-state index contributed by atoms with van der Waals surface area (Å²) in [5.74, 6) is 0.850. The number of rotatable bonds is 12. The van der Waals surface area contributed by atoms with Crippen molar-refractivity contribution in [3.8, 4) is 0 Å². The van der Waals surface area contributed by atoms with Gasteiger partial charge in [-0.15, -0.1) is 0 Å². The van der Waals surface area contributed by atoms with E-state index in [1.807, 2.05) is 7.11 Å². The van der Waals surface area contributed by atoms with Crippen LogP contribution in [0.2, 0.25) is 0 Å². The van der Waals surface area contributed by atoms with Gasteiger partial charge in [0.1, 0.15) is 0 Å². The van der Waals surface area contributed by atoms with E-state index in [9.17, 15) is 0 Å². The fourth-order valence-electron chi connectivity index (χ4n) is 2.74. The molecule has 0 aromatic rings. The zero-order valence-electron chi connectivity index (χ0n) is 13.3. The van der Waals surface area contributed by atoms with Gasteiger partial charge in [-0.3, -0.25) is 0 Å². The predicted molar refractivity (Wildman–Crippen MR) is 81.1 cm³/mol. The van der Waals surface area contributed by atoms with Crippen LogP contribution in [-0.2, 0) is 4.74 Å². The van der Waals surface area contributed by atoms with Crippen LogP contribution in [0.3, 0.4) is 0 Å². The van der Waals surface area contributed by atoms with E-state index in [-0.39, 0.29) is 0 Å². The first-order valence-electron chi connectivity index (χ1n) is 7.99. The molecule has 0 rings (SSSR count). The van der Waals surface area contributed by atoms with Gasteiger partial charge in [-0.2, -0.15) is 0 Å². The lowest BCUT2D eigenvalue weighted by Gasteiger charge is -2.30. The van der Waals surface area contributed by atoms with E-state index in [0.29, 0.717) is 12.1 Å². The summed E-state index contributed by atoms with van der Waals surface area (Å²) < 4.78 is 5.69. The number of methoxy groups -OCH3 is 1. The molecule has 0 radical (unpaired) electrons. The third-order valence-corrected chi connectivity index (χ3v) is 3.92. The number of hydrogen-bond acceptors (Lipinski definition) is 2. The highest BCUT2D eigenvalue weighted by Gasteiger charge is 2.22. The first-order valence-corrected chi connectivity index (χ1v) is 7.99. The Morgan fingerprint density at radius 3 is 2.17 bits per heavy atom. The first-order chi connectivity index (χ1) is 8.73. The molecule has 3 unspecified atom stereocenters. The van der Waals surface area contributed by atoms with Crippen molar-refractivity contribution in [1.29, 1.82) is 0 Å². The van der Waals surface area contributed by atoms with Gasteiger partial charge in [-0.1, -0.05) is 59.8 Å². The van der Waals surface area contributed by atoms with Gasteiger partial charge in [0, 0.05) is 13.2 Å². The minimum atomic E-state index is 0.380. The Balaban J connectivity index is 4.36. The van der Waals surface area contributed by atoms with Gasteiger partial charge in [0.25, 0.3) is 0 Å². The van der Waals surface area contributed by atoms with Crippen molar-refractivity contribution in [2.24, 2.45) is 5.92 Å². The van der Waals surface area contributed by atoms with Crippen LogP contribution in [0.25, 0.3) is 0 Å². The van der Waals surface area contributed by atoms with E-state index in [4.69, 9.17) is 4.74 Å². The van der Waals surface area contributed by atoms with Crippen LogP contribution in [-0.4, -0.2) is 25.8 Å². The van der Waals surface area contributed by atoms with E-state index in [2.05, 4.69) is 33.0 Å². The molecule has 0 aliphatic heterocycles. The fraction of sp³-hybridized carbons (Fsp3) is 1.00. The number of hydrogen-bond donors (Lipinski definition) is 1. The van der Waals surface area contributed by atoms with Crippen LogP contribution in [0.15, 0.2) is 0 Å². The summed E-state index contributed by atoms with van der Waals surface area (Å²) in [6, 6.07) is 0.529. The molecule has 0 saturated heterocycles. The molecule has 0 spiro atoms. The Labute approximate surface area is 115 Å². The summed E-state index contributed by atoms with van der Waals surface area (Å²) in [6.07, 6.45) is 9.36. The highest BCUT2D eigenvalue weighted by atomic mass is 16.5. The molecule has 1 N–H and O–H groups in total. The van der Waals surface area contributed by atoms with Gasteiger partial charge < -0.3 is 10.1 Å². The van der Waals surface area contributed by atoms with Gasteiger partial charge in [-0.25, -0.2) is 0 Å². The van der Waals surface area contributed by atoms with Gasteiger partial charge in [-0.05, 0) is 25.3 Å². The van der Waals surface area contributed by atoms with E-state index in [1.165, 1.54) is 44.9 Å². The minimum absolute atomic E-state index is 0.380. The fourth-order valence-corrected chi connectivity index (χ4v) is 2.74. The molecule has 0 fully saturated rings. The third kappa shape index (κ3) is 7.38. The third-order valence-electron chi connectivity index (χ3n) is 3.92. The quantitative estimate of drug-likeness (QED) is 0.560. The predicted octanol–water partition coefficient (Wildman–Crippen LogP) is 4.39. The van der Waals surface area contributed by atoms with Crippen LogP contribution in [0, 0.1) is 5.92 Å². The molecule has 3 atom stereocenters. The van der Waals surface area contributed by atoms with Crippen molar-refractivity contribution >= 4 is 0 Å². The van der Waals surface area contributed by atoms with Gasteiger partial charge in [0.15, 0.2) is 0 Å². The summed E-state index contributed by atoms with van der Waals surface area (Å²) >= 11 is 0. The van der Waals surface area contributed by atoms with Crippen LogP contribution in [0.5, 0.6) is 0 Å². The molecule has 2 heteroatoms. The Bertz CT molecular complexity index is 172. The van der Waals surface area contributed by atoms with Crippen LogP contribution in [0.4, 0.5) is 0 Å². The zero-order valence-corrected chi connectivity index (χ0v) is 13.3.